The van der Waals surface area contributed by atoms with Gasteiger partial charge in [0.05, 0.1) is 11.4 Å². The molecule has 74 valence electrons. The smallest absolute Gasteiger partial charge is 0.126 e. The van der Waals surface area contributed by atoms with Gasteiger partial charge in [-0.05, 0) is 26.0 Å². The predicted octanol–water partition coefficient (Wildman–Crippen LogP) is 1.80. The van der Waals surface area contributed by atoms with Gasteiger partial charge in [-0.15, -0.1) is 12.3 Å². The van der Waals surface area contributed by atoms with Gasteiger partial charge in [-0.1, -0.05) is 0 Å². The van der Waals surface area contributed by atoms with E-state index in [4.69, 9.17) is 12.2 Å². The van der Waals surface area contributed by atoms with Crippen molar-refractivity contribution in [1.29, 1.82) is 0 Å². The molecule has 0 aliphatic rings. The molecule has 1 rings (SSSR count). The number of anilines is 2. The van der Waals surface area contributed by atoms with Crippen molar-refractivity contribution in [3.63, 3.8) is 0 Å². The van der Waals surface area contributed by atoms with Gasteiger partial charge in [0.15, 0.2) is 0 Å². The van der Waals surface area contributed by atoms with Crippen molar-refractivity contribution in [2.24, 2.45) is 0 Å². The van der Waals surface area contributed by atoms with Crippen LogP contribution in [-0.4, -0.2) is 11.0 Å². The van der Waals surface area contributed by atoms with Gasteiger partial charge in [-0.25, -0.2) is 4.98 Å². The molecule has 0 saturated heterocycles. The second-order valence-corrected chi connectivity index (χ2v) is 3.32. The molecular weight excluding hydrogens is 174 g/mol. The zero-order valence-electron chi connectivity index (χ0n) is 8.54. The van der Waals surface area contributed by atoms with E-state index < -0.39 is 0 Å². The number of pyridine rings is 1. The quantitative estimate of drug-likeness (QED) is 0.713. The minimum absolute atomic E-state index is 0.232. The molecular formula is C11H15N3. The summed E-state index contributed by atoms with van der Waals surface area (Å²) < 4.78 is 0. The molecule has 0 saturated carbocycles. The molecule has 0 spiro atoms. The minimum Gasteiger partial charge on any atom is -0.397 e. The van der Waals surface area contributed by atoms with E-state index in [0.717, 1.165) is 11.5 Å². The van der Waals surface area contributed by atoms with E-state index in [2.05, 4.69) is 16.2 Å². The molecule has 0 amide bonds. The van der Waals surface area contributed by atoms with E-state index in [1.165, 1.54) is 0 Å². The zero-order valence-corrected chi connectivity index (χ0v) is 8.54. The Labute approximate surface area is 84.7 Å². The summed E-state index contributed by atoms with van der Waals surface area (Å²) in [6.07, 6.45) is 5.89. The highest BCUT2D eigenvalue weighted by Gasteiger charge is 2.02. The predicted molar refractivity (Wildman–Crippen MR) is 59.9 cm³/mol. The normalized spacial score (nSPS) is 11.8. The molecule has 1 unspecified atom stereocenters. The van der Waals surface area contributed by atoms with Crippen LogP contribution in [0.1, 0.15) is 19.0 Å². The Bertz CT molecular complexity index is 352. The summed E-state index contributed by atoms with van der Waals surface area (Å²) in [7, 11) is 0. The van der Waals surface area contributed by atoms with Crippen LogP contribution in [0.5, 0.6) is 0 Å². The molecule has 1 atom stereocenters. The van der Waals surface area contributed by atoms with Crippen LogP contribution in [0, 0.1) is 19.3 Å². The fourth-order valence-corrected chi connectivity index (χ4v) is 1.13. The van der Waals surface area contributed by atoms with Crippen molar-refractivity contribution >= 4 is 11.5 Å². The number of aryl methyl sites for hydroxylation is 1. The standard InChI is InChI=1S/C11H15N3/c1-4-5-8(2)13-11-7-6-10(12)9(3)14-11/h1,6-8H,5,12H2,2-3H3,(H,13,14). The van der Waals surface area contributed by atoms with Crippen molar-refractivity contribution < 1.29 is 0 Å². The third-order valence-electron chi connectivity index (χ3n) is 1.95. The summed E-state index contributed by atoms with van der Waals surface area (Å²) in [4.78, 5) is 4.29. The first-order valence-electron chi connectivity index (χ1n) is 4.56. The summed E-state index contributed by atoms with van der Waals surface area (Å²) >= 11 is 0. The lowest BCUT2D eigenvalue weighted by Crippen LogP contribution is -2.15. The Morgan fingerprint density at radius 3 is 2.93 bits per heavy atom. The summed E-state index contributed by atoms with van der Waals surface area (Å²) in [6.45, 7) is 3.90. The van der Waals surface area contributed by atoms with E-state index >= 15 is 0 Å². The molecule has 14 heavy (non-hydrogen) atoms. The van der Waals surface area contributed by atoms with Crippen LogP contribution < -0.4 is 11.1 Å². The van der Waals surface area contributed by atoms with Crippen LogP contribution in [-0.2, 0) is 0 Å². The molecule has 1 aromatic rings. The largest absolute Gasteiger partial charge is 0.397 e. The number of hydrogen-bond acceptors (Lipinski definition) is 3. The van der Waals surface area contributed by atoms with Gasteiger partial charge < -0.3 is 11.1 Å². The third-order valence-corrected chi connectivity index (χ3v) is 1.95. The maximum absolute atomic E-state index is 5.66. The fourth-order valence-electron chi connectivity index (χ4n) is 1.13. The highest BCUT2D eigenvalue weighted by molar-refractivity contribution is 5.49. The lowest BCUT2D eigenvalue weighted by molar-refractivity contribution is 0.820. The van der Waals surface area contributed by atoms with Gasteiger partial charge >= 0.3 is 0 Å². The Hall–Kier alpha value is -1.69. The number of nitrogens with one attached hydrogen (secondary N) is 1. The van der Waals surface area contributed by atoms with Crippen molar-refractivity contribution in [2.45, 2.75) is 26.3 Å². The SMILES string of the molecule is C#CCC(C)Nc1ccc(N)c(C)n1. The molecule has 3 heteroatoms. The van der Waals surface area contributed by atoms with Crippen LogP contribution in [0.2, 0.25) is 0 Å². The van der Waals surface area contributed by atoms with E-state index in [0.29, 0.717) is 12.1 Å². The molecule has 0 aliphatic heterocycles. The first kappa shape index (κ1) is 10.4. The number of nitrogen functional groups attached to an aromatic ring is 1. The highest BCUT2D eigenvalue weighted by Crippen LogP contribution is 2.12. The number of nitrogens with zero attached hydrogens (tertiary/aromatic N) is 1. The van der Waals surface area contributed by atoms with E-state index in [9.17, 15) is 0 Å². The van der Waals surface area contributed by atoms with Crippen LogP contribution in [0.4, 0.5) is 11.5 Å². The molecule has 0 bridgehead atoms. The second-order valence-electron chi connectivity index (χ2n) is 3.32. The van der Waals surface area contributed by atoms with Gasteiger partial charge in [-0.3, -0.25) is 0 Å². The maximum Gasteiger partial charge on any atom is 0.126 e. The molecule has 0 aliphatic carbocycles. The Morgan fingerprint density at radius 1 is 1.64 bits per heavy atom. The van der Waals surface area contributed by atoms with Gasteiger partial charge in [0.1, 0.15) is 5.82 Å². The summed E-state index contributed by atoms with van der Waals surface area (Å²) in [5.41, 5.74) is 7.20. The molecule has 1 aromatic heterocycles. The molecule has 1 heterocycles. The lowest BCUT2D eigenvalue weighted by atomic mass is 10.2. The summed E-state index contributed by atoms with van der Waals surface area (Å²) in [5.74, 6) is 3.42. The van der Waals surface area contributed by atoms with E-state index in [-0.39, 0.29) is 6.04 Å². The maximum atomic E-state index is 5.66. The van der Waals surface area contributed by atoms with Gasteiger partial charge in [-0.2, -0.15) is 0 Å². The fraction of sp³-hybridized carbons (Fsp3) is 0.364. The molecule has 3 nitrogen and oxygen atoms in total. The number of terminal acetylenes is 1. The monoisotopic (exact) mass is 189 g/mol. The van der Waals surface area contributed by atoms with Crippen molar-refractivity contribution in [2.75, 3.05) is 11.1 Å². The number of aromatic nitrogens is 1. The van der Waals surface area contributed by atoms with Gasteiger partial charge in [0, 0.05) is 12.5 Å². The molecule has 0 fully saturated rings. The van der Waals surface area contributed by atoms with Crippen molar-refractivity contribution in [3.8, 4) is 12.3 Å². The summed E-state index contributed by atoms with van der Waals surface area (Å²) in [6, 6.07) is 3.93. The average Bonchev–Trinajstić information content (AvgIpc) is 2.12. The average molecular weight is 189 g/mol. The topological polar surface area (TPSA) is 50.9 Å². The first-order valence-corrected chi connectivity index (χ1v) is 4.56. The number of nitrogens with two attached hydrogens (primary N) is 1. The molecule has 3 N–H and O–H groups in total. The lowest BCUT2D eigenvalue weighted by Gasteiger charge is -2.12. The minimum atomic E-state index is 0.232. The van der Waals surface area contributed by atoms with E-state index in [1.54, 1.807) is 0 Å². The Kier molecular flexibility index (Phi) is 3.35. The van der Waals surface area contributed by atoms with Crippen LogP contribution in [0.25, 0.3) is 0 Å². The molecule has 0 radical (unpaired) electrons. The number of hydrogen-bond donors (Lipinski definition) is 2. The van der Waals surface area contributed by atoms with Gasteiger partial charge in [0.25, 0.3) is 0 Å². The highest BCUT2D eigenvalue weighted by atomic mass is 15.0. The van der Waals surface area contributed by atoms with Crippen LogP contribution >= 0.6 is 0 Å². The van der Waals surface area contributed by atoms with Crippen LogP contribution in [0.15, 0.2) is 12.1 Å². The van der Waals surface area contributed by atoms with Crippen molar-refractivity contribution in [3.05, 3.63) is 17.8 Å². The first-order chi connectivity index (χ1) is 6.63. The molecule has 0 aromatic carbocycles. The van der Waals surface area contributed by atoms with Gasteiger partial charge in [0.2, 0.25) is 0 Å². The number of rotatable bonds is 3. The Morgan fingerprint density at radius 2 is 2.36 bits per heavy atom. The zero-order chi connectivity index (χ0) is 10.6. The summed E-state index contributed by atoms with van der Waals surface area (Å²) in [5, 5.41) is 3.20. The Balaban J connectivity index is 2.69. The second kappa shape index (κ2) is 4.52. The van der Waals surface area contributed by atoms with Crippen LogP contribution in [0.3, 0.4) is 0 Å². The third kappa shape index (κ3) is 2.67. The van der Waals surface area contributed by atoms with E-state index in [1.807, 2.05) is 26.0 Å². The van der Waals surface area contributed by atoms with Crippen molar-refractivity contribution in [1.82, 2.24) is 4.98 Å².